The van der Waals surface area contributed by atoms with Gasteiger partial charge in [0.15, 0.2) is 0 Å². The van der Waals surface area contributed by atoms with E-state index < -0.39 is 11.9 Å². The lowest BCUT2D eigenvalue weighted by atomic mass is 10.0. The number of primary amides is 1. The van der Waals surface area contributed by atoms with Gasteiger partial charge in [0.2, 0.25) is 5.91 Å². The lowest BCUT2D eigenvalue weighted by molar-refractivity contribution is -0.122. The number of benzene rings is 3. The zero-order valence-corrected chi connectivity index (χ0v) is 15.3. The van der Waals surface area contributed by atoms with Crippen molar-refractivity contribution in [3.8, 4) is 0 Å². The second kappa shape index (κ2) is 8.52. The van der Waals surface area contributed by atoms with Crippen molar-refractivity contribution in [1.82, 2.24) is 4.90 Å². The Morgan fingerprint density at radius 2 is 1.52 bits per heavy atom. The van der Waals surface area contributed by atoms with Crippen molar-refractivity contribution in [2.75, 3.05) is 0 Å². The number of carbonyl (C=O) groups excluding carboxylic acids is 2. The Labute approximate surface area is 163 Å². The minimum atomic E-state index is -0.891. The number of rotatable bonds is 6. The van der Waals surface area contributed by atoms with E-state index in [0.717, 1.165) is 5.56 Å². The van der Waals surface area contributed by atoms with E-state index in [4.69, 9.17) is 17.3 Å². The van der Waals surface area contributed by atoms with E-state index in [1.54, 1.807) is 48.5 Å². The van der Waals surface area contributed by atoms with Crippen LogP contribution in [0.3, 0.4) is 0 Å². The molecule has 0 unspecified atom stereocenters. The van der Waals surface area contributed by atoms with Crippen molar-refractivity contribution >= 4 is 23.4 Å². The molecule has 2 N–H and O–H groups in total. The summed E-state index contributed by atoms with van der Waals surface area (Å²) in [6.07, 6.45) is 0. The Morgan fingerprint density at radius 3 is 2.11 bits per heavy atom. The van der Waals surface area contributed by atoms with Gasteiger partial charge in [0, 0.05) is 17.1 Å². The Morgan fingerprint density at radius 1 is 0.889 bits per heavy atom. The van der Waals surface area contributed by atoms with E-state index in [2.05, 4.69) is 0 Å². The van der Waals surface area contributed by atoms with Crippen LogP contribution in [-0.2, 0) is 11.3 Å². The summed E-state index contributed by atoms with van der Waals surface area (Å²) in [6.45, 7) is 0.205. The van der Waals surface area contributed by atoms with Crippen molar-refractivity contribution in [1.29, 1.82) is 0 Å². The first-order chi connectivity index (χ1) is 13.1. The monoisotopic (exact) mass is 378 g/mol. The SMILES string of the molecule is NC(=O)[C@@H](c1ccccc1)N(Cc1cccc(Cl)c1)C(=O)c1ccccc1. The molecular weight excluding hydrogens is 360 g/mol. The molecule has 0 aliphatic heterocycles. The second-order valence-electron chi connectivity index (χ2n) is 6.14. The number of hydrogen-bond acceptors (Lipinski definition) is 2. The summed E-state index contributed by atoms with van der Waals surface area (Å²) in [6, 6.07) is 24.2. The first kappa shape index (κ1) is 18.7. The molecule has 0 saturated carbocycles. The van der Waals surface area contributed by atoms with Gasteiger partial charge in [0.1, 0.15) is 6.04 Å². The van der Waals surface area contributed by atoms with Gasteiger partial charge >= 0.3 is 0 Å². The van der Waals surface area contributed by atoms with Crippen LogP contribution in [0.4, 0.5) is 0 Å². The van der Waals surface area contributed by atoms with Crippen LogP contribution in [0.1, 0.15) is 27.5 Å². The lowest BCUT2D eigenvalue weighted by Gasteiger charge is -2.30. The minimum absolute atomic E-state index is 0.205. The summed E-state index contributed by atoms with van der Waals surface area (Å²) < 4.78 is 0. The highest BCUT2D eigenvalue weighted by Gasteiger charge is 2.30. The van der Waals surface area contributed by atoms with Crippen LogP contribution in [-0.4, -0.2) is 16.7 Å². The topological polar surface area (TPSA) is 63.4 Å². The van der Waals surface area contributed by atoms with Crippen molar-refractivity contribution in [2.24, 2.45) is 5.73 Å². The van der Waals surface area contributed by atoms with Gasteiger partial charge in [-0.3, -0.25) is 9.59 Å². The Kier molecular flexibility index (Phi) is 5.89. The van der Waals surface area contributed by atoms with Gasteiger partial charge in [-0.1, -0.05) is 72.3 Å². The molecule has 0 bridgehead atoms. The van der Waals surface area contributed by atoms with Crippen LogP contribution >= 0.6 is 11.6 Å². The molecule has 0 radical (unpaired) electrons. The fraction of sp³-hybridized carbons (Fsp3) is 0.0909. The largest absolute Gasteiger partial charge is 0.368 e. The molecule has 3 rings (SSSR count). The maximum atomic E-state index is 13.2. The maximum Gasteiger partial charge on any atom is 0.255 e. The van der Waals surface area contributed by atoms with Crippen LogP contribution < -0.4 is 5.73 Å². The Bertz CT molecular complexity index is 929. The summed E-state index contributed by atoms with van der Waals surface area (Å²) in [5.74, 6) is -0.865. The molecule has 3 aromatic carbocycles. The van der Waals surface area contributed by atoms with Crippen LogP contribution in [0.25, 0.3) is 0 Å². The quantitative estimate of drug-likeness (QED) is 0.698. The molecule has 3 aromatic rings. The molecule has 0 aromatic heterocycles. The van der Waals surface area contributed by atoms with Gasteiger partial charge in [-0.05, 0) is 35.4 Å². The van der Waals surface area contributed by atoms with E-state index in [1.807, 2.05) is 36.4 Å². The third kappa shape index (κ3) is 4.54. The van der Waals surface area contributed by atoms with E-state index >= 15 is 0 Å². The van der Waals surface area contributed by atoms with Gasteiger partial charge in [-0.15, -0.1) is 0 Å². The molecule has 0 fully saturated rings. The number of carbonyl (C=O) groups is 2. The third-order valence-corrected chi connectivity index (χ3v) is 4.46. The first-order valence-electron chi connectivity index (χ1n) is 8.51. The van der Waals surface area contributed by atoms with Crippen molar-refractivity contribution < 1.29 is 9.59 Å². The molecule has 0 aliphatic rings. The molecular formula is C22H19ClN2O2. The number of nitrogens with two attached hydrogens (primary N) is 1. The van der Waals surface area contributed by atoms with Gasteiger partial charge < -0.3 is 10.6 Å². The number of hydrogen-bond donors (Lipinski definition) is 1. The number of amides is 2. The van der Waals surface area contributed by atoms with Crippen molar-refractivity contribution in [2.45, 2.75) is 12.6 Å². The first-order valence-corrected chi connectivity index (χ1v) is 8.89. The van der Waals surface area contributed by atoms with Crippen LogP contribution in [0, 0.1) is 0 Å². The normalized spacial score (nSPS) is 11.6. The standard InChI is InChI=1S/C22H19ClN2O2/c23-19-13-7-8-16(14-19)15-25(22(27)18-11-5-2-6-12-18)20(21(24)26)17-9-3-1-4-10-17/h1-14,20H,15H2,(H2,24,26)/t20-/m1/s1. The summed E-state index contributed by atoms with van der Waals surface area (Å²) in [7, 11) is 0. The van der Waals surface area contributed by atoms with Crippen molar-refractivity contribution in [3.05, 3.63) is 107 Å². The zero-order chi connectivity index (χ0) is 19.2. The molecule has 4 nitrogen and oxygen atoms in total. The highest BCUT2D eigenvalue weighted by molar-refractivity contribution is 6.30. The zero-order valence-electron chi connectivity index (χ0n) is 14.6. The highest BCUT2D eigenvalue weighted by atomic mass is 35.5. The van der Waals surface area contributed by atoms with E-state index in [-0.39, 0.29) is 12.5 Å². The maximum absolute atomic E-state index is 13.2. The summed E-state index contributed by atoms with van der Waals surface area (Å²) in [5.41, 5.74) is 7.67. The predicted molar refractivity (Wildman–Crippen MR) is 106 cm³/mol. The molecule has 136 valence electrons. The second-order valence-corrected chi connectivity index (χ2v) is 6.58. The highest BCUT2D eigenvalue weighted by Crippen LogP contribution is 2.26. The van der Waals surface area contributed by atoms with Crippen LogP contribution in [0.5, 0.6) is 0 Å². The van der Waals surface area contributed by atoms with Gasteiger partial charge in [0.05, 0.1) is 0 Å². The average Bonchev–Trinajstić information content (AvgIpc) is 2.68. The Hall–Kier alpha value is -3.11. The molecule has 0 heterocycles. The predicted octanol–water partition coefficient (Wildman–Crippen LogP) is 4.21. The fourth-order valence-corrected chi connectivity index (χ4v) is 3.20. The molecule has 0 aliphatic carbocycles. The number of halogens is 1. The summed E-state index contributed by atoms with van der Waals surface area (Å²) >= 11 is 6.09. The van der Waals surface area contributed by atoms with Crippen molar-refractivity contribution in [3.63, 3.8) is 0 Å². The van der Waals surface area contributed by atoms with Gasteiger partial charge in [0.25, 0.3) is 5.91 Å². The molecule has 2 amide bonds. The van der Waals surface area contributed by atoms with Crippen LogP contribution in [0.2, 0.25) is 5.02 Å². The number of nitrogens with zero attached hydrogens (tertiary/aromatic N) is 1. The minimum Gasteiger partial charge on any atom is -0.368 e. The van der Waals surface area contributed by atoms with E-state index in [0.29, 0.717) is 16.1 Å². The van der Waals surface area contributed by atoms with E-state index in [1.165, 1.54) is 4.90 Å². The molecule has 0 saturated heterocycles. The summed E-state index contributed by atoms with van der Waals surface area (Å²) in [5, 5.41) is 0.565. The molecule has 1 atom stereocenters. The fourth-order valence-electron chi connectivity index (χ4n) is 2.99. The molecule has 0 spiro atoms. The smallest absolute Gasteiger partial charge is 0.255 e. The Balaban J connectivity index is 2.05. The molecule has 27 heavy (non-hydrogen) atoms. The van der Waals surface area contributed by atoms with Crippen LogP contribution in [0.15, 0.2) is 84.9 Å². The molecule has 5 heteroatoms. The van der Waals surface area contributed by atoms with Gasteiger partial charge in [-0.2, -0.15) is 0 Å². The van der Waals surface area contributed by atoms with Gasteiger partial charge in [-0.25, -0.2) is 0 Å². The third-order valence-electron chi connectivity index (χ3n) is 4.22. The summed E-state index contributed by atoms with van der Waals surface area (Å²) in [4.78, 5) is 27.1. The van der Waals surface area contributed by atoms with E-state index in [9.17, 15) is 9.59 Å². The lowest BCUT2D eigenvalue weighted by Crippen LogP contribution is -2.41. The average molecular weight is 379 g/mol.